The second-order valence-corrected chi connectivity index (χ2v) is 8.05. The zero-order valence-electron chi connectivity index (χ0n) is 12.6. The molecule has 0 amide bonds. The molecule has 3 aromatic rings. The Morgan fingerprint density at radius 2 is 2.04 bits per heavy atom. The van der Waals surface area contributed by atoms with Gasteiger partial charge >= 0.3 is 0 Å². The van der Waals surface area contributed by atoms with Gasteiger partial charge in [0.15, 0.2) is 0 Å². The van der Waals surface area contributed by atoms with Gasteiger partial charge in [0, 0.05) is 17.6 Å². The van der Waals surface area contributed by atoms with Crippen molar-refractivity contribution >= 4 is 32.1 Å². The fourth-order valence-electron chi connectivity index (χ4n) is 3.73. The summed E-state index contributed by atoms with van der Waals surface area (Å²) in [4.78, 5) is 12.0. The Balaban J connectivity index is 1.62. The fourth-order valence-corrected chi connectivity index (χ4v) is 4.72. The van der Waals surface area contributed by atoms with Gasteiger partial charge in [-0.25, -0.2) is 23.5 Å². The number of hydrogen-bond donors (Lipinski definition) is 2. The van der Waals surface area contributed by atoms with Gasteiger partial charge < -0.3 is 9.55 Å². The molecule has 1 fully saturated rings. The van der Waals surface area contributed by atoms with Gasteiger partial charge in [-0.2, -0.15) is 0 Å². The highest BCUT2D eigenvalue weighted by molar-refractivity contribution is 7.89. The number of aromatic amines is 1. The topological polar surface area (TPSA) is 107 Å². The molecule has 0 atom stereocenters. The molecular weight excluding hydrogens is 314 g/mol. The number of rotatable bonds is 3. The number of aromatic nitrogens is 4. The maximum atomic E-state index is 11.3. The largest absolute Gasteiger partial charge is 0.346 e. The molecule has 0 radical (unpaired) electrons. The predicted molar refractivity (Wildman–Crippen MR) is 88.4 cm³/mol. The van der Waals surface area contributed by atoms with Crippen LogP contribution >= 0.6 is 0 Å². The third kappa shape index (κ3) is 2.72. The number of pyridine rings is 1. The van der Waals surface area contributed by atoms with Crippen molar-refractivity contribution in [2.45, 2.75) is 31.7 Å². The average molecular weight is 333 g/mol. The molecule has 0 spiro atoms. The summed E-state index contributed by atoms with van der Waals surface area (Å²) >= 11 is 0. The molecule has 23 heavy (non-hydrogen) atoms. The lowest BCUT2D eigenvalue weighted by Gasteiger charge is -2.29. The molecule has 0 aliphatic heterocycles. The molecule has 8 heteroatoms. The number of imidazole rings is 1. The van der Waals surface area contributed by atoms with Crippen molar-refractivity contribution in [2.75, 3.05) is 5.75 Å². The second-order valence-electron chi connectivity index (χ2n) is 6.39. The summed E-state index contributed by atoms with van der Waals surface area (Å²) in [6, 6.07) is 2.37. The van der Waals surface area contributed by atoms with E-state index in [-0.39, 0.29) is 11.7 Å². The molecule has 0 unspecified atom stereocenters. The van der Waals surface area contributed by atoms with Gasteiger partial charge in [0.05, 0.1) is 23.8 Å². The van der Waals surface area contributed by atoms with E-state index in [9.17, 15) is 8.42 Å². The molecule has 0 saturated heterocycles. The lowest BCUT2D eigenvalue weighted by Crippen LogP contribution is -2.27. The van der Waals surface area contributed by atoms with E-state index < -0.39 is 10.0 Å². The predicted octanol–water partition coefficient (Wildman–Crippen LogP) is 1.93. The quantitative estimate of drug-likeness (QED) is 0.763. The molecule has 1 saturated carbocycles. The smallest absolute Gasteiger partial charge is 0.209 e. The maximum Gasteiger partial charge on any atom is 0.209 e. The van der Waals surface area contributed by atoms with Gasteiger partial charge in [-0.05, 0) is 37.7 Å². The fraction of sp³-hybridized carbons (Fsp3) is 0.467. The van der Waals surface area contributed by atoms with Crippen molar-refractivity contribution in [1.29, 1.82) is 0 Å². The van der Waals surface area contributed by atoms with Gasteiger partial charge in [0.1, 0.15) is 11.2 Å². The van der Waals surface area contributed by atoms with Crippen molar-refractivity contribution in [2.24, 2.45) is 11.1 Å². The summed E-state index contributed by atoms with van der Waals surface area (Å²) in [6.45, 7) is 0. The van der Waals surface area contributed by atoms with E-state index >= 15 is 0 Å². The van der Waals surface area contributed by atoms with Gasteiger partial charge in [-0.1, -0.05) is 0 Å². The van der Waals surface area contributed by atoms with Crippen LogP contribution in [0.15, 0.2) is 24.8 Å². The standard InChI is InChI=1S/C15H19N5O2S/c16-23(21,22)8-10-1-3-11(4-2-10)20-9-19-13-7-18-15-12(14(13)20)5-6-17-15/h5-7,9-11H,1-4,8H2,(H,17,18)(H2,16,21,22). The Kier molecular flexibility index (Phi) is 3.38. The molecule has 1 aliphatic carbocycles. The Bertz CT molecular complexity index is 951. The van der Waals surface area contributed by atoms with Crippen molar-refractivity contribution in [3.8, 4) is 0 Å². The van der Waals surface area contributed by atoms with Crippen LogP contribution in [-0.2, 0) is 10.0 Å². The number of nitrogens with one attached hydrogen (secondary N) is 1. The van der Waals surface area contributed by atoms with E-state index in [4.69, 9.17) is 5.14 Å². The number of H-pyrrole nitrogens is 1. The third-order valence-electron chi connectivity index (χ3n) is 4.80. The van der Waals surface area contributed by atoms with Crippen LogP contribution < -0.4 is 5.14 Å². The molecule has 0 aromatic carbocycles. The molecule has 0 bridgehead atoms. The average Bonchev–Trinajstić information content (AvgIpc) is 3.12. The number of fused-ring (bicyclic) bond motifs is 3. The first-order valence-electron chi connectivity index (χ1n) is 7.80. The monoisotopic (exact) mass is 333 g/mol. The lowest BCUT2D eigenvalue weighted by atomic mass is 9.87. The normalized spacial score (nSPS) is 22.8. The highest BCUT2D eigenvalue weighted by atomic mass is 32.2. The Hall–Kier alpha value is -1.93. The number of hydrogen-bond acceptors (Lipinski definition) is 4. The summed E-state index contributed by atoms with van der Waals surface area (Å²) in [7, 11) is -3.38. The first-order valence-corrected chi connectivity index (χ1v) is 9.52. The SMILES string of the molecule is NS(=O)(=O)CC1CCC(n2cnc3cnc4[nH]ccc4c32)CC1. The Labute approximate surface area is 134 Å². The minimum absolute atomic E-state index is 0.0936. The zero-order valence-corrected chi connectivity index (χ0v) is 13.5. The summed E-state index contributed by atoms with van der Waals surface area (Å²) < 4.78 is 24.7. The van der Waals surface area contributed by atoms with Crippen molar-refractivity contribution in [1.82, 2.24) is 19.5 Å². The highest BCUT2D eigenvalue weighted by Gasteiger charge is 2.26. The zero-order chi connectivity index (χ0) is 16.0. The number of primary sulfonamides is 1. The van der Waals surface area contributed by atoms with Crippen LogP contribution in [0.2, 0.25) is 0 Å². The molecular formula is C15H19N5O2S. The summed E-state index contributed by atoms with van der Waals surface area (Å²) in [5.41, 5.74) is 2.86. The molecule has 3 heterocycles. The van der Waals surface area contributed by atoms with E-state index in [1.54, 1.807) is 6.20 Å². The van der Waals surface area contributed by atoms with Crippen LogP contribution in [0, 0.1) is 5.92 Å². The van der Waals surface area contributed by atoms with Crippen LogP contribution in [0.3, 0.4) is 0 Å². The second kappa shape index (κ2) is 5.31. The summed E-state index contributed by atoms with van der Waals surface area (Å²) in [5.74, 6) is 0.265. The number of nitrogens with two attached hydrogens (primary N) is 1. The van der Waals surface area contributed by atoms with Crippen molar-refractivity contribution < 1.29 is 8.42 Å². The van der Waals surface area contributed by atoms with Crippen LogP contribution in [0.5, 0.6) is 0 Å². The van der Waals surface area contributed by atoms with Crippen LogP contribution in [-0.4, -0.2) is 33.7 Å². The Morgan fingerprint density at radius 1 is 1.26 bits per heavy atom. The van der Waals surface area contributed by atoms with Crippen LogP contribution in [0.1, 0.15) is 31.7 Å². The van der Waals surface area contributed by atoms with Crippen LogP contribution in [0.25, 0.3) is 22.1 Å². The van der Waals surface area contributed by atoms with Crippen molar-refractivity contribution in [3.63, 3.8) is 0 Å². The van der Waals surface area contributed by atoms with E-state index in [0.717, 1.165) is 47.8 Å². The van der Waals surface area contributed by atoms with Gasteiger partial charge in [0.25, 0.3) is 0 Å². The minimum Gasteiger partial charge on any atom is -0.346 e. The van der Waals surface area contributed by atoms with E-state index in [0.29, 0.717) is 6.04 Å². The molecule has 7 nitrogen and oxygen atoms in total. The van der Waals surface area contributed by atoms with Gasteiger partial charge in [-0.15, -0.1) is 0 Å². The highest BCUT2D eigenvalue weighted by Crippen LogP contribution is 2.35. The maximum absolute atomic E-state index is 11.3. The van der Waals surface area contributed by atoms with Crippen molar-refractivity contribution in [3.05, 3.63) is 24.8 Å². The first kappa shape index (κ1) is 14.6. The summed E-state index contributed by atoms with van der Waals surface area (Å²) in [6.07, 6.45) is 9.20. The lowest BCUT2D eigenvalue weighted by molar-refractivity contribution is 0.295. The molecule has 4 rings (SSSR count). The van der Waals surface area contributed by atoms with Gasteiger partial charge in [0.2, 0.25) is 10.0 Å². The molecule has 1 aliphatic rings. The first-order chi connectivity index (χ1) is 11.0. The number of sulfonamides is 1. The van der Waals surface area contributed by atoms with E-state index in [1.807, 2.05) is 18.6 Å². The van der Waals surface area contributed by atoms with Gasteiger partial charge in [-0.3, -0.25) is 0 Å². The Morgan fingerprint density at radius 3 is 2.78 bits per heavy atom. The van der Waals surface area contributed by atoms with E-state index in [1.165, 1.54) is 0 Å². The molecule has 122 valence electrons. The van der Waals surface area contributed by atoms with Crippen LogP contribution in [0.4, 0.5) is 0 Å². The minimum atomic E-state index is -3.38. The number of nitrogens with zero attached hydrogens (tertiary/aromatic N) is 3. The molecule has 3 N–H and O–H groups in total. The third-order valence-corrected chi connectivity index (χ3v) is 5.73. The molecule has 3 aromatic heterocycles. The van der Waals surface area contributed by atoms with E-state index in [2.05, 4.69) is 19.5 Å². The summed E-state index contributed by atoms with van der Waals surface area (Å²) in [5, 5.41) is 6.24.